The number of halogens is 3. The molecule has 0 heterocycles. The Kier molecular flexibility index (Phi) is 8.62. The Hall–Kier alpha value is -3.17. The van der Waals surface area contributed by atoms with E-state index in [2.05, 4.69) is 5.32 Å². The molecule has 0 radical (unpaired) electrons. The van der Waals surface area contributed by atoms with E-state index >= 15 is 0 Å². The van der Waals surface area contributed by atoms with Crippen LogP contribution in [0.5, 0.6) is 11.5 Å². The Morgan fingerprint density at radius 2 is 1.70 bits per heavy atom. The van der Waals surface area contributed by atoms with Crippen LogP contribution < -0.4 is 14.8 Å². The number of anilines is 1. The van der Waals surface area contributed by atoms with Gasteiger partial charge in [-0.1, -0.05) is 40.9 Å². The number of nitrogens with zero attached hydrogens (tertiary/aromatic N) is 1. The molecule has 3 aromatic carbocycles. The fourth-order valence-corrected chi connectivity index (χ4v) is 3.50. The van der Waals surface area contributed by atoms with Crippen molar-refractivity contribution < 1.29 is 14.3 Å². The van der Waals surface area contributed by atoms with Crippen molar-refractivity contribution in [2.24, 2.45) is 0 Å². The standard InChI is InChI=1S/C25H19Cl3N2O3/c1-2-32-24-10-5-19(26)12-17(24)11-18(14-29)25(31)30-21-6-8-22(9-7-21)33-15-16-3-4-20(27)13-23(16)28/h3-13H,2,15H2,1H3,(H,30,31)/b18-11+. The van der Waals surface area contributed by atoms with Crippen molar-refractivity contribution in [3.05, 3.63) is 92.4 Å². The van der Waals surface area contributed by atoms with Crippen LogP contribution in [0.15, 0.2) is 66.2 Å². The molecule has 3 rings (SSSR count). The maximum Gasteiger partial charge on any atom is 0.266 e. The maximum absolute atomic E-state index is 12.6. The SMILES string of the molecule is CCOc1ccc(Cl)cc1/C=C(\C#N)C(=O)Nc1ccc(OCc2ccc(Cl)cc2Cl)cc1. The number of amides is 1. The number of nitrogens with one attached hydrogen (secondary N) is 1. The first-order valence-electron chi connectivity index (χ1n) is 9.92. The zero-order valence-corrected chi connectivity index (χ0v) is 19.8. The van der Waals surface area contributed by atoms with E-state index in [1.807, 2.05) is 13.0 Å². The van der Waals surface area contributed by atoms with Crippen LogP contribution in [0.3, 0.4) is 0 Å². The van der Waals surface area contributed by atoms with E-state index in [4.69, 9.17) is 44.3 Å². The quantitative estimate of drug-likeness (QED) is 0.262. The van der Waals surface area contributed by atoms with Gasteiger partial charge in [0.2, 0.25) is 0 Å². The second kappa shape index (κ2) is 11.6. The number of ether oxygens (including phenoxy) is 2. The maximum atomic E-state index is 12.6. The van der Waals surface area contributed by atoms with Gasteiger partial charge in [0.15, 0.2) is 0 Å². The summed E-state index contributed by atoms with van der Waals surface area (Å²) in [5.74, 6) is 0.571. The molecular formula is C25H19Cl3N2O3. The molecule has 1 amide bonds. The minimum Gasteiger partial charge on any atom is -0.493 e. The van der Waals surface area contributed by atoms with Gasteiger partial charge in [-0.2, -0.15) is 5.26 Å². The normalized spacial score (nSPS) is 10.9. The van der Waals surface area contributed by atoms with Gasteiger partial charge in [-0.05, 0) is 67.6 Å². The van der Waals surface area contributed by atoms with Gasteiger partial charge in [0.1, 0.15) is 29.7 Å². The van der Waals surface area contributed by atoms with Crippen LogP contribution in [-0.2, 0) is 11.4 Å². The van der Waals surface area contributed by atoms with Gasteiger partial charge in [0, 0.05) is 31.9 Å². The Morgan fingerprint density at radius 3 is 2.36 bits per heavy atom. The molecule has 0 fully saturated rings. The van der Waals surface area contributed by atoms with Crippen molar-refractivity contribution in [1.82, 2.24) is 0 Å². The average molecular weight is 502 g/mol. The van der Waals surface area contributed by atoms with Gasteiger partial charge >= 0.3 is 0 Å². The highest BCUT2D eigenvalue weighted by atomic mass is 35.5. The summed E-state index contributed by atoms with van der Waals surface area (Å²) in [7, 11) is 0. The molecule has 0 saturated heterocycles. The zero-order chi connectivity index (χ0) is 23.8. The van der Waals surface area contributed by atoms with Crippen LogP contribution in [0.4, 0.5) is 5.69 Å². The van der Waals surface area contributed by atoms with Crippen molar-refractivity contribution in [3.63, 3.8) is 0 Å². The molecule has 0 aliphatic rings. The molecular weight excluding hydrogens is 483 g/mol. The summed E-state index contributed by atoms with van der Waals surface area (Å²) in [6, 6.07) is 18.9. The lowest BCUT2D eigenvalue weighted by atomic mass is 10.1. The van der Waals surface area contributed by atoms with Crippen LogP contribution in [0.2, 0.25) is 15.1 Å². The molecule has 8 heteroatoms. The molecule has 0 aliphatic carbocycles. The summed E-state index contributed by atoms with van der Waals surface area (Å²) in [5.41, 5.74) is 1.76. The summed E-state index contributed by atoms with van der Waals surface area (Å²) in [6.45, 7) is 2.55. The van der Waals surface area contributed by atoms with E-state index in [1.165, 1.54) is 6.08 Å². The van der Waals surface area contributed by atoms with Gasteiger partial charge < -0.3 is 14.8 Å². The second-order valence-corrected chi connectivity index (χ2v) is 8.07. The lowest BCUT2D eigenvalue weighted by molar-refractivity contribution is -0.112. The molecule has 0 bridgehead atoms. The average Bonchev–Trinajstić information content (AvgIpc) is 2.79. The molecule has 0 aromatic heterocycles. The van der Waals surface area contributed by atoms with E-state index in [0.717, 1.165) is 5.56 Å². The highest BCUT2D eigenvalue weighted by molar-refractivity contribution is 6.35. The van der Waals surface area contributed by atoms with E-state index in [1.54, 1.807) is 60.7 Å². The van der Waals surface area contributed by atoms with Crippen molar-refractivity contribution in [2.45, 2.75) is 13.5 Å². The van der Waals surface area contributed by atoms with Crippen LogP contribution in [0.25, 0.3) is 6.08 Å². The van der Waals surface area contributed by atoms with Crippen LogP contribution >= 0.6 is 34.8 Å². The first-order chi connectivity index (χ1) is 15.9. The first kappa shape index (κ1) is 24.5. The highest BCUT2D eigenvalue weighted by Gasteiger charge is 2.12. The predicted octanol–water partition coefficient (Wildman–Crippen LogP) is 7.17. The van der Waals surface area contributed by atoms with Gasteiger partial charge in [-0.3, -0.25) is 4.79 Å². The summed E-state index contributed by atoms with van der Waals surface area (Å²) < 4.78 is 11.3. The smallest absolute Gasteiger partial charge is 0.266 e. The molecule has 0 saturated carbocycles. The highest BCUT2D eigenvalue weighted by Crippen LogP contribution is 2.26. The number of hydrogen-bond acceptors (Lipinski definition) is 4. The number of hydrogen-bond donors (Lipinski definition) is 1. The molecule has 3 aromatic rings. The van der Waals surface area contributed by atoms with E-state index in [0.29, 0.717) is 44.4 Å². The van der Waals surface area contributed by atoms with Gasteiger partial charge in [0.25, 0.3) is 5.91 Å². The van der Waals surface area contributed by atoms with Crippen LogP contribution in [0, 0.1) is 11.3 Å². The third kappa shape index (κ3) is 6.90. The molecule has 5 nitrogen and oxygen atoms in total. The van der Waals surface area contributed by atoms with Crippen molar-refractivity contribution in [2.75, 3.05) is 11.9 Å². The molecule has 0 unspecified atom stereocenters. The van der Waals surface area contributed by atoms with Crippen LogP contribution in [-0.4, -0.2) is 12.5 Å². The molecule has 0 spiro atoms. The molecule has 33 heavy (non-hydrogen) atoms. The number of carbonyl (C=O) groups excluding carboxylic acids is 1. The molecule has 0 aliphatic heterocycles. The fraction of sp³-hybridized carbons (Fsp3) is 0.120. The summed E-state index contributed by atoms with van der Waals surface area (Å²) in [6.07, 6.45) is 1.44. The molecule has 168 valence electrons. The lowest BCUT2D eigenvalue weighted by Gasteiger charge is -2.10. The van der Waals surface area contributed by atoms with Crippen molar-refractivity contribution >= 4 is 52.5 Å². The van der Waals surface area contributed by atoms with Crippen molar-refractivity contribution in [1.29, 1.82) is 5.26 Å². The molecule has 1 N–H and O–H groups in total. The summed E-state index contributed by atoms with van der Waals surface area (Å²) in [4.78, 5) is 12.6. The Bertz CT molecular complexity index is 1220. The summed E-state index contributed by atoms with van der Waals surface area (Å²) in [5, 5.41) is 13.7. The predicted molar refractivity (Wildman–Crippen MR) is 132 cm³/mol. The van der Waals surface area contributed by atoms with Crippen molar-refractivity contribution in [3.8, 4) is 17.6 Å². The fourth-order valence-electron chi connectivity index (χ4n) is 2.86. The van der Waals surface area contributed by atoms with Gasteiger partial charge in [0.05, 0.1) is 6.61 Å². The Balaban J connectivity index is 1.67. The third-order valence-electron chi connectivity index (χ3n) is 4.46. The number of benzene rings is 3. The number of rotatable bonds is 8. The van der Waals surface area contributed by atoms with E-state index in [9.17, 15) is 10.1 Å². The van der Waals surface area contributed by atoms with Gasteiger partial charge in [-0.25, -0.2) is 0 Å². The van der Waals surface area contributed by atoms with E-state index < -0.39 is 5.91 Å². The summed E-state index contributed by atoms with van der Waals surface area (Å²) >= 11 is 18.1. The Morgan fingerprint density at radius 1 is 1.00 bits per heavy atom. The largest absolute Gasteiger partial charge is 0.493 e. The van der Waals surface area contributed by atoms with Crippen LogP contribution in [0.1, 0.15) is 18.1 Å². The number of nitriles is 1. The second-order valence-electron chi connectivity index (χ2n) is 6.79. The third-order valence-corrected chi connectivity index (χ3v) is 5.28. The Labute approximate surface area is 207 Å². The monoisotopic (exact) mass is 500 g/mol. The topological polar surface area (TPSA) is 71.3 Å². The van der Waals surface area contributed by atoms with Gasteiger partial charge in [-0.15, -0.1) is 0 Å². The minimum atomic E-state index is -0.554. The van der Waals surface area contributed by atoms with E-state index in [-0.39, 0.29) is 12.2 Å². The molecule has 0 atom stereocenters. The lowest BCUT2D eigenvalue weighted by Crippen LogP contribution is -2.13. The first-order valence-corrected chi connectivity index (χ1v) is 11.0. The zero-order valence-electron chi connectivity index (χ0n) is 17.6. The number of carbonyl (C=O) groups is 1. The minimum absolute atomic E-state index is 0.0871.